The highest BCUT2D eigenvalue weighted by Crippen LogP contribution is 2.33. The van der Waals surface area contributed by atoms with E-state index in [0.29, 0.717) is 32.2 Å². The fourth-order valence-corrected chi connectivity index (χ4v) is 4.34. The van der Waals surface area contributed by atoms with Crippen LogP contribution >= 0.6 is 35.0 Å². The molecule has 0 saturated heterocycles. The predicted molar refractivity (Wildman–Crippen MR) is 125 cm³/mol. The summed E-state index contributed by atoms with van der Waals surface area (Å²) in [4.78, 5) is 22.9. The molecule has 160 valence electrons. The van der Waals surface area contributed by atoms with Crippen LogP contribution in [0.25, 0.3) is 17.1 Å². The number of nitro groups is 1. The third-order valence-electron chi connectivity index (χ3n) is 4.55. The van der Waals surface area contributed by atoms with Gasteiger partial charge in [-0.05, 0) is 42.5 Å². The Morgan fingerprint density at radius 2 is 1.72 bits per heavy atom. The molecule has 4 rings (SSSR count). The molecule has 0 spiro atoms. The minimum atomic E-state index is -0.505. The number of hydrogen-bond donors (Lipinski definition) is 0. The quantitative estimate of drug-likeness (QED) is 0.136. The Bertz CT molecular complexity index is 1290. The number of rotatable bonds is 7. The zero-order chi connectivity index (χ0) is 22.7. The monoisotopic (exact) mass is 484 g/mol. The van der Waals surface area contributed by atoms with Gasteiger partial charge in [-0.3, -0.25) is 19.5 Å². The first-order valence-corrected chi connectivity index (χ1v) is 11.0. The van der Waals surface area contributed by atoms with Crippen LogP contribution in [0.15, 0.2) is 78.0 Å². The van der Waals surface area contributed by atoms with E-state index >= 15 is 0 Å². The first kappa shape index (κ1) is 22.0. The third kappa shape index (κ3) is 4.67. The molecule has 0 fully saturated rings. The molecule has 0 aliphatic rings. The second kappa shape index (κ2) is 9.52. The van der Waals surface area contributed by atoms with E-state index in [1.165, 1.54) is 36.0 Å². The average Bonchev–Trinajstić information content (AvgIpc) is 3.21. The van der Waals surface area contributed by atoms with Crippen molar-refractivity contribution in [3.8, 4) is 17.1 Å². The second-order valence-corrected chi connectivity index (χ2v) is 8.40. The van der Waals surface area contributed by atoms with Crippen molar-refractivity contribution in [1.29, 1.82) is 0 Å². The molecule has 4 aromatic rings. The number of aromatic nitrogens is 3. The molecular formula is C22H14Cl2N4O3S. The van der Waals surface area contributed by atoms with Crippen LogP contribution in [0.1, 0.15) is 10.4 Å². The molecule has 0 aliphatic heterocycles. The Labute approximate surface area is 197 Å². The standard InChI is InChI=1S/C22H14Cl2N4O3S/c23-15-8-11-18(19(24)12-15)21-25-26-22(27(21)16-4-2-1-3-5-16)32-13-20(29)14-6-9-17(10-7-14)28(30)31/h1-12H,13H2. The van der Waals surface area contributed by atoms with Crippen LogP contribution in [-0.4, -0.2) is 31.2 Å². The van der Waals surface area contributed by atoms with Crippen LogP contribution in [0.5, 0.6) is 0 Å². The van der Waals surface area contributed by atoms with Crippen molar-refractivity contribution in [3.63, 3.8) is 0 Å². The number of halogens is 2. The first-order valence-electron chi connectivity index (χ1n) is 9.31. The molecule has 7 nitrogen and oxygen atoms in total. The lowest BCUT2D eigenvalue weighted by Gasteiger charge is -2.11. The molecule has 0 saturated carbocycles. The lowest BCUT2D eigenvalue weighted by atomic mass is 10.1. The SMILES string of the molecule is O=C(CSc1nnc(-c2ccc(Cl)cc2Cl)n1-c1ccccc1)c1ccc([N+](=O)[O-])cc1. The maximum Gasteiger partial charge on any atom is 0.269 e. The molecule has 0 unspecified atom stereocenters. The molecule has 0 bridgehead atoms. The van der Waals surface area contributed by atoms with Crippen molar-refractivity contribution < 1.29 is 9.72 Å². The summed E-state index contributed by atoms with van der Waals surface area (Å²) in [6, 6.07) is 20.1. The summed E-state index contributed by atoms with van der Waals surface area (Å²) >= 11 is 13.6. The van der Waals surface area contributed by atoms with E-state index in [-0.39, 0.29) is 17.2 Å². The van der Waals surface area contributed by atoms with Gasteiger partial charge in [0.25, 0.3) is 5.69 Å². The minimum absolute atomic E-state index is 0.0671. The highest BCUT2D eigenvalue weighted by molar-refractivity contribution is 7.99. The third-order valence-corrected chi connectivity index (χ3v) is 6.03. The first-order chi connectivity index (χ1) is 15.4. The zero-order valence-corrected chi connectivity index (χ0v) is 18.6. The normalized spacial score (nSPS) is 10.8. The summed E-state index contributed by atoms with van der Waals surface area (Å²) in [5.41, 5.74) is 1.78. The van der Waals surface area contributed by atoms with Crippen molar-refractivity contribution >= 4 is 46.4 Å². The number of hydrogen-bond acceptors (Lipinski definition) is 6. The van der Waals surface area contributed by atoms with Crippen molar-refractivity contribution in [2.45, 2.75) is 5.16 Å². The Morgan fingerprint density at radius 1 is 1.00 bits per heavy atom. The zero-order valence-electron chi connectivity index (χ0n) is 16.3. The van der Waals surface area contributed by atoms with E-state index in [4.69, 9.17) is 23.2 Å². The fourth-order valence-electron chi connectivity index (χ4n) is 3.00. The molecule has 1 heterocycles. The Balaban J connectivity index is 1.65. The van der Waals surface area contributed by atoms with Crippen LogP contribution in [0, 0.1) is 10.1 Å². The molecule has 0 N–H and O–H groups in total. The maximum absolute atomic E-state index is 12.6. The number of para-hydroxylation sites is 1. The van der Waals surface area contributed by atoms with Crippen molar-refractivity contribution in [1.82, 2.24) is 14.8 Å². The van der Waals surface area contributed by atoms with Crippen LogP contribution in [0.4, 0.5) is 5.69 Å². The van der Waals surface area contributed by atoms with Gasteiger partial charge in [-0.1, -0.05) is 53.2 Å². The summed E-state index contributed by atoms with van der Waals surface area (Å²) in [5.74, 6) is 0.415. The summed E-state index contributed by atoms with van der Waals surface area (Å²) in [5, 5.41) is 20.8. The number of nitro benzene ring substituents is 1. The summed E-state index contributed by atoms with van der Waals surface area (Å²) < 4.78 is 1.82. The number of benzene rings is 3. The smallest absolute Gasteiger partial charge is 0.269 e. The van der Waals surface area contributed by atoms with Crippen LogP contribution in [0.3, 0.4) is 0 Å². The van der Waals surface area contributed by atoms with Gasteiger partial charge in [0.2, 0.25) is 0 Å². The number of nitrogens with zero attached hydrogens (tertiary/aromatic N) is 4. The maximum atomic E-state index is 12.6. The summed E-state index contributed by atoms with van der Waals surface area (Å²) in [6.45, 7) is 0. The highest BCUT2D eigenvalue weighted by atomic mass is 35.5. The van der Waals surface area contributed by atoms with Crippen LogP contribution in [-0.2, 0) is 0 Å². The topological polar surface area (TPSA) is 90.9 Å². The lowest BCUT2D eigenvalue weighted by molar-refractivity contribution is -0.384. The number of carbonyl (C=O) groups excluding carboxylic acids is 1. The Kier molecular flexibility index (Phi) is 6.55. The lowest BCUT2D eigenvalue weighted by Crippen LogP contribution is -2.05. The van der Waals surface area contributed by atoms with Gasteiger partial charge in [0.15, 0.2) is 16.8 Å². The van der Waals surface area contributed by atoms with Crippen LogP contribution < -0.4 is 0 Å². The van der Waals surface area contributed by atoms with Gasteiger partial charge in [0.05, 0.1) is 15.7 Å². The van der Waals surface area contributed by atoms with E-state index in [1.54, 1.807) is 18.2 Å². The van der Waals surface area contributed by atoms with Gasteiger partial charge in [0, 0.05) is 34.0 Å². The van der Waals surface area contributed by atoms with E-state index in [9.17, 15) is 14.9 Å². The number of Topliss-reactive ketones (excluding diaryl/α,β-unsaturated/α-hetero) is 1. The second-order valence-electron chi connectivity index (χ2n) is 6.62. The van der Waals surface area contributed by atoms with Crippen LogP contribution in [0.2, 0.25) is 10.0 Å². The Hall–Kier alpha value is -3.20. The van der Waals surface area contributed by atoms with Gasteiger partial charge in [-0.15, -0.1) is 10.2 Å². The van der Waals surface area contributed by atoms with Gasteiger partial charge < -0.3 is 0 Å². The molecule has 1 aromatic heterocycles. The van der Waals surface area contributed by atoms with Crippen molar-refractivity contribution in [2.24, 2.45) is 0 Å². The summed E-state index contributed by atoms with van der Waals surface area (Å²) in [7, 11) is 0. The van der Waals surface area contributed by atoms with E-state index < -0.39 is 4.92 Å². The van der Waals surface area contributed by atoms with E-state index in [0.717, 1.165) is 5.69 Å². The number of thioether (sulfide) groups is 1. The molecule has 0 atom stereocenters. The van der Waals surface area contributed by atoms with Gasteiger partial charge >= 0.3 is 0 Å². The fraction of sp³-hybridized carbons (Fsp3) is 0.0455. The highest BCUT2D eigenvalue weighted by Gasteiger charge is 2.20. The number of ketones is 1. The van der Waals surface area contributed by atoms with Gasteiger partial charge in [-0.25, -0.2) is 0 Å². The predicted octanol–water partition coefficient (Wildman–Crippen LogP) is 6.12. The van der Waals surface area contributed by atoms with Gasteiger partial charge in [-0.2, -0.15) is 0 Å². The molecule has 32 heavy (non-hydrogen) atoms. The van der Waals surface area contributed by atoms with Crippen molar-refractivity contribution in [3.05, 3.63) is 98.5 Å². The molecule has 10 heteroatoms. The van der Waals surface area contributed by atoms with Gasteiger partial charge in [0.1, 0.15) is 0 Å². The van der Waals surface area contributed by atoms with Crippen molar-refractivity contribution in [2.75, 3.05) is 5.75 Å². The number of non-ortho nitro benzene ring substituents is 1. The molecule has 0 aliphatic carbocycles. The number of carbonyl (C=O) groups is 1. The average molecular weight is 485 g/mol. The van der Waals surface area contributed by atoms with E-state index in [1.807, 2.05) is 34.9 Å². The summed E-state index contributed by atoms with van der Waals surface area (Å²) in [6.07, 6.45) is 0. The molecule has 0 radical (unpaired) electrons. The Morgan fingerprint density at radius 3 is 2.38 bits per heavy atom. The minimum Gasteiger partial charge on any atom is -0.293 e. The molecule has 3 aromatic carbocycles. The molecule has 0 amide bonds. The molecular weight excluding hydrogens is 471 g/mol. The largest absolute Gasteiger partial charge is 0.293 e. The van der Waals surface area contributed by atoms with E-state index in [2.05, 4.69) is 10.2 Å².